The second-order valence-electron chi connectivity index (χ2n) is 10.2. The Morgan fingerprint density at radius 1 is 1.11 bits per heavy atom. The van der Waals surface area contributed by atoms with Gasteiger partial charge in [0.15, 0.2) is 0 Å². The number of carbonyl (C=O) groups is 1. The highest BCUT2D eigenvalue weighted by molar-refractivity contribution is 9.10. The molecular weight excluding hydrogens is 520 g/mol. The number of amides is 1. The van der Waals surface area contributed by atoms with E-state index in [1.807, 2.05) is 35.2 Å². The third-order valence-corrected chi connectivity index (χ3v) is 8.08. The Morgan fingerprint density at radius 3 is 2.53 bits per heavy atom. The molecule has 0 bridgehead atoms. The van der Waals surface area contributed by atoms with Crippen molar-refractivity contribution in [3.8, 4) is 0 Å². The molecule has 7 nitrogen and oxygen atoms in total. The number of hydrogen-bond acceptors (Lipinski definition) is 6. The van der Waals surface area contributed by atoms with E-state index in [0.29, 0.717) is 44.2 Å². The van der Waals surface area contributed by atoms with Gasteiger partial charge in [0, 0.05) is 60.5 Å². The van der Waals surface area contributed by atoms with Gasteiger partial charge in [-0.1, -0.05) is 72.3 Å². The van der Waals surface area contributed by atoms with Gasteiger partial charge in [-0.05, 0) is 30.9 Å². The molecule has 2 heterocycles. The highest BCUT2D eigenvalue weighted by Crippen LogP contribution is 2.27. The van der Waals surface area contributed by atoms with Gasteiger partial charge in [0.1, 0.15) is 12.5 Å². The number of nitrogens with one attached hydrogen (secondary N) is 1. The Labute approximate surface area is 223 Å². The Balaban J connectivity index is 1.22. The van der Waals surface area contributed by atoms with Gasteiger partial charge >= 0.3 is 0 Å². The summed E-state index contributed by atoms with van der Waals surface area (Å²) >= 11 is 3.50. The van der Waals surface area contributed by atoms with Gasteiger partial charge in [0.25, 0.3) is 0 Å². The molecule has 0 aromatic heterocycles. The summed E-state index contributed by atoms with van der Waals surface area (Å²) in [6, 6.07) is 8.45. The normalized spacial score (nSPS) is 25.1. The van der Waals surface area contributed by atoms with Crippen molar-refractivity contribution in [2.45, 2.75) is 57.6 Å². The lowest BCUT2D eigenvalue weighted by Crippen LogP contribution is -2.50. The summed E-state index contributed by atoms with van der Waals surface area (Å²) < 4.78 is 0.870. The van der Waals surface area contributed by atoms with Crippen LogP contribution in [0.4, 0.5) is 0 Å². The third kappa shape index (κ3) is 6.66. The van der Waals surface area contributed by atoms with Crippen LogP contribution in [0.3, 0.4) is 0 Å². The number of aliphatic hydroxyl groups excluding tert-OH is 2. The minimum absolute atomic E-state index is 0.0216. The zero-order valence-corrected chi connectivity index (χ0v) is 22.8. The SMILES string of the molecule is CC(C)C1C=CCCN1C1C=CC(NC(O)CC(=O)N2CCN(C(O)c3ccccc3Br)CC2)=CC1. The van der Waals surface area contributed by atoms with Gasteiger partial charge < -0.3 is 20.4 Å². The highest BCUT2D eigenvalue weighted by atomic mass is 79.9. The lowest BCUT2D eigenvalue weighted by molar-refractivity contribution is -0.137. The monoisotopic (exact) mass is 558 g/mol. The molecule has 1 saturated heterocycles. The van der Waals surface area contributed by atoms with Crippen LogP contribution in [0.5, 0.6) is 0 Å². The van der Waals surface area contributed by atoms with Crippen LogP contribution in [-0.2, 0) is 4.79 Å². The van der Waals surface area contributed by atoms with Crippen LogP contribution >= 0.6 is 15.9 Å². The fourth-order valence-corrected chi connectivity index (χ4v) is 5.80. The Kier molecular flexibility index (Phi) is 9.41. The summed E-state index contributed by atoms with van der Waals surface area (Å²) in [6.07, 6.45) is 11.3. The maximum Gasteiger partial charge on any atom is 0.227 e. The number of piperazine rings is 1. The van der Waals surface area contributed by atoms with E-state index < -0.39 is 12.5 Å². The van der Waals surface area contributed by atoms with E-state index in [9.17, 15) is 15.0 Å². The number of rotatable bonds is 8. The second kappa shape index (κ2) is 12.5. The molecule has 1 aliphatic carbocycles. The van der Waals surface area contributed by atoms with Crippen molar-refractivity contribution in [3.05, 3.63) is 70.4 Å². The molecule has 0 spiro atoms. The molecule has 0 radical (unpaired) electrons. The van der Waals surface area contributed by atoms with Crippen molar-refractivity contribution in [1.82, 2.24) is 20.0 Å². The zero-order valence-electron chi connectivity index (χ0n) is 21.3. The van der Waals surface area contributed by atoms with Crippen molar-refractivity contribution in [3.63, 3.8) is 0 Å². The van der Waals surface area contributed by atoms with Gasteiger partial charge in [-0.3, -0.25) is 14.6 Å². The number of nitrogens with zero attached hydrogens (tertiary/aromatic N) is 3. The van der Waals surface area contributed by atoms with Crippen molar-refractivity contribution in [2.24, 2.45) is 5.92 Å². The second-order valence-corrected chi connectivity index (χ2v) is 11.0. The molecule has 1 aromatic rings. The summed E-state index contributed by atoms with van der Waals surface area (Å²) in [4.78, 5) is 19.1. The fraction of sp³-hybridized carbons (Fsp3) is 0.536. The molecule has 3 N–H and O–H groups in total. The minimum Gasteiger partial charge on any atom is -0.374 e. The highest BCUT2D eigenvalue weighted by Gasteiger charge is 2.29. The smallest absolute Gasteiger partial charge is 0.227 e. The van der Waals surface area contributed by atoms with Crippen molar-refractivity contribution < 1.29 is 15.0 Å². The number of benzene rings is 1. The standard InChI is InChI=1S/C28H39BrN4O3/c1-20(2)25-9-5-6-14-33(25)22-12-10-21(11-13-22)30-26(34)19-27(35)31-15-17-32(18-16-31)28(36)23-7-3-4-8-24(23)29/h3-5,7-12,20,22,25-26,28,30,34,36H,6,13-19H2,1-2H3. The lowest BCUT2D eigenvalue weighted by atomic mass is 9.94. The minimum atomic E-state index is -0.935. The van der Waals surface area contributed by atoms with Crippen molar-refractivity contribution in [2.75, 3.05) is 32.7 Å². The van der Waals surface area contributed by atoms with Gasteiger partial charge in [0.05, 0.1) is 6.42 Å². The molecule has 196 valence electrons. The molecule has 2 aliphatic heterocycles. The lowest BCUT2D eigenvalue weighted by Gasteiger charge is -2.40. The van der Waals surface area contributed by atoms with Crippen LogP contribution in [0.2, 0.25) is 0 Å². The summed E-state index contributed by atoms with van der Waals surface area (Å²) in [7, 11) is 0. The Bertz CT molecular complexity index is 987. The average Bonchev–Trinajstić information content (AvgIpc) is 2.89. The summed E-state index contributed by atoms with van der Waals surface area (Å²) in [5.74, 6) is 0.486. The molecule has 1 fully saturated rings. The maximum atomic E-state index is 12.8. The molecule has 1 amide bonds. The number of hydrogen-bond donors (Lipinski definition) is 3. The first-order chi connectivity index (χ1) is 17.3. The van der Waals surface area contributed by atoms with Crippen LogP contribution in [0.15, 0.2) is 64.8 Å². The van der Waals surface area contributed by atoms with Crippen LogP contribution in [-0.4, -0.2) is 81.9 Å². The van der Waals surface area contributed by atoms with Gasteiger partial charge in [-0.2, -0.15) is 0 Å². The van der Waals surface area contributed by atoms with E-state index in [0.717, 1.165) is 35.1 Å². The van der Waals surface area contributed by atoms with E-state index in [1.165, 1.54) is 0 Å². The van der Waals surface area contributed by atoms with Crippen LogP contribution < -0.4 is 5.32 Å². The molecule has 4 unspecified atom stereocenters. The molecule has 4 atom stereocenters. The first-order valence-electron chi connectivity index (χ1n) is 13.0. The zero-order chi connectivity index (χ0) is 25.7. The van der Waals surface area contributed by atoms with Crippen LogP contribution in [0, 0.1) is 5.92 Å². The van der Waals surface area contributed by atoms with Crippen molar-refractivity contribution >= 4 is 21.8 Å². The average molecular weight is 560 g/mol. The number of aliphatic hydroxyl groups is 2. The fourth-order valence-electron chi connectivity index (χ4n) is 5.31. The molecule has 4 rings (SSSR count). The van der Waals surface area contributed by atoms with Crippen LogP contribution in [0.25, 0.3) is 0 Å². The molecule has 0 saturated carbocycles. The summed E-state index contributed by atoms with van der Waals surface area (Å²) in [5.41, 5.74) is 1.69. The van der Waals surface area contributed by atoms with E-state index in [1.54, 1.807) is 4.90 Å². The molecule has 8 heteroatoms. The van der Waals surface area contributed by atoms with Gasteiger partial charge in [-0.15, -0.1) is 0 Å². The van der Waals surface area contributed by atoms with Gasteiger partial charge in [-0.25, -0.2) is 0 Å². The van der Waals surface area contributed by atoms with E-state index in [-0.39, 0.29) is 12.3 Å². The van der Waals surface area contributed by atoms with E-state index >= 15 is 0 Å². The van der Waals surface area contributed by atoms with E-state index in [2.05, 4.69) is 64.3 Å². The molecule has 1 aromatic carbocycles. The van der Waals surface area contributed by atoms with Crippen LogP contribution in [0.1, 0.15) is 44.9 Å². The number of halogens is 1. The Morgan fingerprint density at radius 2 is 1.86 bits per heavy atom. The molecular formula is C28H39BrN4O3. The quantitative estimate of drug-likeness (QED) is 0.335. The number of allylic oxidation sites excluding steroid dienone is 1. The van der Waals surface area contributed by atoms with Crippen molar-refractivity contribution in [1.29, 1.82) is 0 Å². The first kappa shape index (κ1) is 27.1. The Hall–Kier alpha value is -1.97. The maximum absolute atomic E-state index is 12.8. The predicted molar refractivity (Wildman–Crippen MR) is 146 cm³/mol. The summed E-state index contributed by atoms with van der Waals surface area (Å²) in [6.45, 7) is 7.80. The topological polar surface area (TPSA) is 79.3 Å². The molecule has 36 heavy (non-hydrogen) atoms. The predicted octanol–water partition coefficient (Wildman–Crippen LogP) is 3.38. The molecule has 3 aliphatic rings. The largest absolute Gasteiger partial charge is 0.374 e. The summed E-state index contributed by atoms with van der Waals surface area (Å²) in [5, 5.41) is 24.4. The number of carbonyl (C=O) groups excluding carboxylic acids is 1. The third-order valence-electron chi connectivity index (χ3n) is 7.35. The van der Waals surface area contributed by atoms with Gasteiger partial charge in [0.2, 0.25) is 5.91 Å². The van der Waals surface area contributed by atoms with E-state index in [4.69, 9.17) is 0 Å². The first-order valence-corrected chi connectivity index (χ1v) is 13.8.